The maximum Gasteiger partial charge on any atom is 0.320 e. The Morgan fingerprint density at radius 2 is 2.50 bits per heavy atom. The zero-order chi connectivity index (χ0) is 7.56. The van der Waals surface area contributed by atoms with Gasteiger partial charge in [-0.05, 0) is 19.4 Å². The highest BCUT2D eigenvalue weighted by molar-refractivity contribution is 5.74. The summed E-state index contributed by atoms with van der Waals surface area (Å²) in [5, 5.41) is 8.59. The average molecular weight is 143 g/mol. The lowest BCUT2D eigenvalue weighted by Gasteiger charge is -2.37. The topological polar surface area (TPSA) is 40.5 Å². The Hall–Kier alpha value is -0.570. The van der Waals surface area contributed by atoms with Crippen molar-refractivity contribution >= 4 is 5.97 Å². The summed E-state index contributed by atoms with van der Waals surface area (Å²) >= 11 is 0. The molecule has 0 aromatic rings. The Bertz CT molecular complexity index is 136. The van der Waals surface area contributed by atoms with Crippen LogP contribution in [0.3, 0.4) is 0 Å². The van der Waals surface area contributed by atoms with E-state index in [1.807, 2.05) is 4.90 Å². The second kappa shape index (κ2) is 3.01. The summed E-state index contributed by atoms with van der Waals surface area (Å²) in [5.74, 6) is -0.667. The zero-order valence-electron chi connectivity index (χ0n) is 6.21. The van der Waals surface area contributed by atoms with Crippen molar-refractivity contribution in [2.75, 3.05) is 13.1 Å². The predicted octanol–water partition coefficient (Wildman–Crippen LogP) is 0.555. The molecule has 1 atom stereocenters. The van der Waals surface area contributed by atoms with Gasteiger partial charge in [0.1, 0.15) is 6.04 Å². The molecule has 0 radical (unpaired) electrons. The fourth-order valence-electron chi connectivity index (χ4n) is 1.28. The van der Waals surface area contributed by atoms with Gasteiger partial charge in [-0.15, -0.1) is 0 Å². The SMILES string of the molecule is CCCN1CC[C@H]1C(=O)O. The Kier molecular flexibility index (Phi) is 2.27. The lowest BCUT2D eigenvalue weighted by Crippen LogP contribution is -2.52. The Labute approximate surface area is 60.6 Å². The van der Waals surface area contributed by atoms with Crippen LogP contribution in [0.25, 0.3) is 0 Å². The third-order valence-corrected chi connectivity index (χ3v) is 1.93. The number of nitrogens with zero attached hydrogens (tertiary/aromatic N) is 1. The molecule has 0 aromatic heterocycles. The van der Waals surface area contributed by atoms with Crippen LogP contribution in [0.1, 0.15) is 19.8 Å². The molecule has 0 bridgehead atoms. The van der Waals surface area contributed by atoms with Gasteiger partial charge < -0.3 is 5.11 Å². The second-order valence-electron chi connectivity index (χ2n) is 2.68. The van der Waals surface area contributed by atoms with Crippen LogP contribution in [0.4, 0.5) is 0 Å². The van der Waals surface area contributed by atoms with E-state index in [0.717, 1.165) is 25.9 Å². The van der Waals surface area contributed by atoms with Gasteiger partial charge >= 0.3 is 5.97 Å². The van der Waals surface area contributed by atoms with E-state index in [-0.39, 0.29) is 6.04 Å². The van der Waals surface area contributed by atoms with Crippen molar-refractivity contribution in [3.8, 4) is 0 Å². The molecular formula is C7H13NO2. The Morgan fingerprint density at radius 1 is 1.80 bits per heavy atom. The molecule has 1 rings (SSSR count). The number of carbonyl (C=O) groups is 1. The number of hydrogen-bond donors (Lipinski definition) is 1. The summed E-state index contributed by atoms with van der Waals surface area (Å²) in [6.07, 6.45) is 1.87. The molecule has 0 unspecified atom stereocenters. The maximum atomic E-state index is 10.4. The van der Waals surface area contributed by atoms with E-state index in [9.17, 15) is 4.79 Å². The molecule has 3 nitrogen and oxygen atoms in total. The summed E-state index contributed by atoms with van der Waals surface area (Å²) in [7, 11) is 0. The number of carboxylic acids is 1. The van der Waals surface area contributed by atoms with Crippen LogP contribution in [0.15, 0.2) is 0 Å². The number of hydrogen-bond acceptors (Lipinski definition) is 2. The highest BCUT2D eigenvalue weighted by Crippen LogP contribution is 2.16. The summed E-state index contributed by atoms with van der Waals surface area (Å²) in [6.45, 7) is 3.96. The third-order valence-electron chi connectivity index (χ3n) is 1.93. The molecule has 0 aliphatic carbocycles. The zero-order valence-corrected chi connectivity index (χ0v) is 6.21. The van der Waals surface area contributed by atoms with Crippen molar-refractivity contribution in [2.45, 2.75) is 25.8 Å². The first-order valence-corrected chi connectivity index (χ1v) is 3.72. The quantitative estimate of drug-likeness (QED) is 0.627. The normalized spacial score (nSPS) is 25.9. The summed E-state index contributed by atoms with van der Waals surface area (Å²) < 4.78 is 0. The van der Waals surface area contributed by atoms with E-state index in [4.69, 9.17) is 5.11 Å². The molecule has 1 saturated heterocycles. The third kappa shape index (κ3) is 1.29. The van der Waals surface area contributed by atoms with Crippen molar-refractivity contribution in [1.29, 1.82) is 0 Å². The fourth-order valence-corrected chi connectivity index (χ4v) is 1.28. The Morgan fingerprint density at radius 3 is 2.80 bits per heavy atom. The molecule has 0 amide bonds. The molecule has 1 aliphatic rings. The number of likely N-dealkylation sites (tertiary alicyclic amines) is 1. The van der Waals surface area contributed by atoms with Crippen molar-refractivity contribution in [1.82, 2.24) is 4.90 Å². The molecule has 1 heterocycles. The van der Waals surface area contributed by atoms with Gasteiger partial charge in [-0.1, -0.05) is 6.92 Å². The minimum Gasteiger partial charge on any atom is -0.480 e. The Balaban J connectivity index is 2.28. The van der Waals surface area contributed by atoms with Gasteiger partial charge in [-0.3, -0.25) is 9.69 Å². The van der Waals surface area contributed by atoms with Crippen LogP contribution >= 0.6 is 0 Å². The van der Waals surface area contributed by atoms with Gasteiger partial charge in [-0.25, -0.2) is 0 Å². The molecule has 3 heteroatoms. The van der Waals surface area contributed by atoms with Crippen LogP contribution in [-0.2, 0) is 4.79 Å². The lowest BCUT2D eigenvalue weighted by atomic mass is 10.0. The standard InChI is InChI=1S/C7H13NO2/c1-2-4-8-5-3-6(8)7(9)10/h6H,2-5H2,1H3,(H,9,10)/t6-/m0/s1. The minimum absolute atomic E-state index is 0.181. The van der Waals surface area contributed by atoms with Crippen molar-refractivity contribution in [2.24, 2.45) is 0 Å². The average Bonchev–Trinajstić information content (AvgIpc) is 1.78. The van der Waals surface area contributed by atoms with Gasteiger partial charge in [0.25, 0.3) is 0 Å². The van der Waals surface area contributed by atoms with Crippen molar-refractivity contribution in [3.05, 3.63) is 0 Å². The van der Waals surface area contributed by atoms with Crippen LogP contribution in [0.5, 0.6) is 0 Å². The number of carboxylic acid groups (broad SMARTS) is 1. The van der Waals surface area contributed by atoms with Gasteiger partial charge in [0.2, 0.25) is 0 Å². The molecule has 58 valence electrons. The van der Waals surface area contributed by atoms with Crippen LogP contribution < -0.4 is 0 Å². The van der Waals surface area contributed by atoms with E-state index in [1.165, 1.54) is 0 Å². The second-order valence-corrected chi connectivity index (χ2v) is 2.68. The van der Waals surface area contributed by atoms with E-state index in [1.54, 1.807) is 0 Å². The van der Waals surface area contributed by atoms with E-state index < -0.39 is 5.97 Å². The van der Waals surface area contributed by atoms with Crippen molar-refractivity contribution in [3.63, 3.8) is 0 Å². The minimum atomic E-state index is -0.667. The van der Waals surface area contributed by atoms with E-state index >= 15 is 0 Å². The van der Waals surface area contributed by atoms with E-state index in [0.29, 0.717) is 0 Å². The molecular weight excluding hydrogens is 130 g/mol. The molecule has 0 aromatic carbocycles. The maximum absolute atomic E-state index is 10.4. The summed E-state index contributed by atoms with van der Waals surface area (Å²) in [6, 6.07) is -0.181. The van der Waals surface area contributed by atoms with Gasteiger partial charge in [0, 0.05) is 6.54 Å². The van der Waals surface area contributed by atoms with Crippen LogP contribution in [0.2, 0.25) is 0 Å². The van der Waals surface area contributed by atoms with Crippen LogP contribution in [0, 0.1) is 0 Å². The highest BCUT2D eigenvalue weighted by Gasteiger charge is 2.32. The summed E-state index contributed by atoms with van der Waals surface area (Å²) in [5.41, 5.74) is 0. The molecule has 0 saturated carbocycles. The van der Waals surface area contributed by atoms with Crippen LogP contribution in [-0.4, -0.2) is 35.1 Å². The number of aliphatic carboxylic acids is 1. The molecule has 1 aliphatic heterocycles. The molecule has 10 heavy (non-hydrogen) atoms. The van der Waals surface area contributed by atoms with Gasteiger partial charge in [-0.2, -0.15) is 0 Å². The molecule has 1 N–H and O–H groups in total. The summed E-state index contributed by atoms with van der Waals surface area (Å²) in [4.78, 5) is 12.4. The molecule has 1 fully saturated rings. The highest BCUT2D eigenvalue weighted by atomic mass is 16.4. The first-order valence-electron chi connectivity index (χ1n) is 3.72. The number of rotatable bonds is 3. The monoisotopic (exact) mass is 143 g/mol. The predicted molar refractivity (Wildman–Crippen MR) is 37.9 cm³/mol. The lowest BCUT2D eigenvalue weighted by molar-refractivity contribution is -0.148. The van der Waals surface area contributed by atoms with Crippen molar-refractivity contribution < 1.29 is 9.90 Å². The smallest absolute Gasteiger partial charge is 0.320 e. The van der Waals surface area contributed by atoms with E-state index in [2.05, 4.69) is 6.92 Å². The fraction of sp³-hybridized carbons (Fsp3) is 0.857. The first kappa shape index (κ1) is 7.54. The largest absolute Gasteiger partial charge is 0.480 e. The first-order chi connectivity index (χ1) is 4.75. The van der Waals surface area contributed by atoms with Gasteiger partial charge in [0.05, 0.1) is 0 Å². The van der Waals surface area contributed by atoms with Gasteiger partial charge in [0.15, 0.2) is 0 Å². The molecule has 0 spiro atoms.